The van der Waals surface area contributed by atoms with Gasteiger partial charge in [0.25, 0.3) is 0 Å². The normalized spacial score (nSPS) is 22.5. The average Bonchev–Trinajstić information content (AvgIpc) is 3.18. The molecule has 0 bridgehead atoms. The Morgan fingerprint density at radius 3 is 3.09 bits per heavy atom. The molecule has 22 heavy (non-hydrogen) atoms. The van der Waals surface area contributed by atoms with Gasteiger partial charge in [0.05, 0.1) is 12.6 Å². The summed E-state index contributed by atoms with van der Waals surface area (Å²) in [5.74, 6) is 1.30. The quantitative estimate of drug-likeness (QED) is 0.895. The van der Waals surface area contributed by atoms with Gasteiger partial charge in [0, 0.05) is 37.2 Å². The Kier molecular flexibility index (Phi) is 6.34. The third-order valence-electron chi connectivity index (χ3n) is 3.98. The maximum absolute atomic E-state index is 5.88. The molecule has 2 atom stereocenters. The summed E-state index contributed by atoms with van der Waals surface area (Å²) in [6.45, 7) is 2.21. The molecule has 2 aromatic heterocycles. The Labute approximate surface area is 140 Å². The van der Waals surface area contributed by atoms with Crippen molar-refractivity contribution in [2.75, 3.05) is 20.2 Å². The summed E-state index contributed by atoms with van der Waals surface area (Å²) in [5.41, 5.74) is 6.89. The molecule has 8 heteroatoms. The van der Waals surface area contributed by atoms with Crippen LogP contribution in [0.3, 0.4) is 0 Å². The molecule has 0 aromatic carbocycles. The van der Waals surface area contributed by atoms with Crippen molar-refractivity contribution in [3.05, 3.63) is 22.7 Å². The molecule has 0 aliphatic carbocycles. The fourth-order valence-electron chi connectivity index (χ4n) is 2.73. The maximum Gasteiger partial charge on any atom is 0.241 e. The van der Waals surface area contributed by atoms with Crippen molar-refractivity contribution in [3.63, 3.8) is 0 Å². The molecule has 0 saturated carbocycles. The number of nitrogens with two attached hydrogens (primary N) is 1. The van der Waals surface area contributed by atoms with E-state index < -0.39 is 0 Å². The van der Waals surface area contributed by atoms with Crippen LogP contribution in [0.1, 0.15) is 18.7 Å². The van der Waals surface area contributed by atoms with Crippen LogP contribution in [0.4, 0.5) is 0 Å². The molecule has 2 aromatic rings. The number of thiophene rings is 1. The summed E-state index contributed by atoms with van der Waals surface area (Å²) in [7, 11) is 1.76. The van der Waals surface area contributed by atoms with E-state index in [2.05, 4.69) is 15.0 Å². The van der Waals surface area contributed by atoms with Gasteiger partial charge in [-0.1, -0.05) is 5.16 Å². The zero-order chi connectivity index (χ0) is 14.7. The molecule has 2 N–H and O–H groups in total. The van der Waals surface area contributed by atoms with Crippen molar-refractivity contribution in [1.29, 1.82) is 0 Å². The van der Waals surface area contributed by atoms with E-state index >= 15 is 0 Å². The lowest BCUT2D eigenvalue weighted by Crippen LogP contribution is -2.48. The van der Waals surface area contributed by atoms with Crippen molar-refractivity contribution in [1.82, 2.24) is 15.0 Å². The zero-order valence-corrected chi connectivity index (χ0v) is 14.1. The van der Waals surface area contributed by atoms with Crippen molar-refractivity contribution in [2.45, 2.75) is 31.5 Å². The lowest BCUT2D eigenvalue weighted by atomic mass is 9.99. The molecule has 1 fully saturated rings. The zero-order valence-electron chi connectivity index (χ0n) is 12.5. The van der Waals surface area contributed by atoms with E-state index in [1.54, 1.807) is 18.4 Å². The Hall–Kier alpha value is -0.990. The highest BCUT2D eigenvalue weighted by Crippen LogP contribution is 2.23. The van der Waals surface area contributed by atoms with Crippen LogP contribution in [-0.2, 0) is 11.3 Å². The number of halogens is 1. The number of ether oxygens (including phenoxy) is 1. The van der Waals surface area contributed by atoms with E-state index in [4.69, 9.17) is 15.0 Å². The molecule has 122 valence electrons. The Bertz CT molecular complexity index is 563. The highest BCUT2D eigenvalue weighted by molar-refractivity contribution is 7.08. The van der Waals surface area contributed by atoms with Gasteiger partial charge in [-0.2, -0.15) is 16.3 Å². The van der Waals surface area contributed by atoms with Crippen LogP contribution in [0.5, 0.6) is 0 Å². The summed E-state index contributed by atoms with van der Waals surface area (Å²) in [5, 5.41) is 8.06. The van der Waals surface area contributed by atoms with Gasteiger partial charge >= 0.3 is 0 Å². The molecule has 0 spiro atoms. The number of hydrogen-bond acceptors (Lipinski definition) is 7. The van der Waals surface area contributed by atoms with E-state index in [0.29, 0.717) is 37.0 Å². The van der Waals surface area contributed by atoms with E-state index in [1.807, 2.05) is 16.8 Å². The molecule has 1 aliphatic rings. The summed E-state index contributed by atoms with van der Waals surface area (Å²) < 4.78 is 10.8. The van der Waals surface area contributed by atoms with Gasteiger partial charge in [0.15, 0.2) is 0 Å². The van der Waals surface area contributed by atoms with Gasteiger partial charge in [0.2, 0.25) is 11.7 Å². The third-order valence-corrected chi connectivity index (χ3v) is 4.66. The topological polar surface area (TPSA) is 77.4 Å². The summed E-state index contributed by atoms with van der Waals surface area (Å²) in [4.78, 5) is 6.78. The predicted octanol–water partition coefficient (Wildman–Crippen LogP) is 2.16. The van der Waals surface area contributed by atoms with Crippen LogP contribution in [0.25, 0.3) is 11.4 Å². The summed E-state index contributed by atoms with van der Waals surface area (Å²) in [6.07, 6.45) is 2.27. The molecule has 3 rings (SSSR count). The minimum absolute atomic E-state index is 0. The lowest BCUT2D eigenvalue weighted by Gasteiger charge is -2.37. The second-order valence-electron chi connectivity index (χ2n) is 5.27. The molecule has 2 unspecified atom stereocenters. The molecule has 0 radical (unpaired) electrons. The second-order valence-corrected chi connectivity index (χ2v) is 6.05. The highest BCUT2D eigenvalue weighted by atomic mass is 35.5. The van der Waals surface area contributed by atoms with Crippen molar-refractivity contribution in [3.8, 4) is 11.4 Å². The minimum Gasteiger partial charge on any atom is -0.381 e. The monoisotopic (exact) mass is 344 g/mol. The fraction of sp³-hybridized carbons (Fsp3) is 0.571. The standard InChI is InChI=1S/C14H20N4O2S.ClH/c1-19-12-2-4-18(11(6-12)7-15)8-13-16-14(17-20-13)10-3-5-21-9-10;/h3,5,9,11-12H,2,4,6-8,15H2,1H3;1H. The lowest BCUT2D eigenvalue weighted by molar-refractivity contribution is 0.00676. The minimum atomic E-state index is 0. The van der Waals surface area contributed by atoms with Gasteiger partial charge in [-0.3, -0.25) is 4.90 Å². The van der Waals surface area contributed by atoms with E-state index in [1.165, 1.54) is 0 Å². The predicted molar refractivity (Wildman–Crippen MR) is 88.1 cm³/mol. The SMILES string of the molecule is COC1CCN(Cc2nc(-c3ccsc3)no2)C(CN)C1.Cl. The van der Waals surface area contributed by atoms with Gasteiger partial charge in [0.1, 0.15) is 0 Å². The van der Waals surface area contributed by atoms with Crippen molar-refractivity contribution < 1.29 is 9.26 Å². The van der Waals surface area contributed by atoms with Gasteiger partial charge in [-0.15, -0.1) is 12.4 Å². The largest absolute Gasteiger partial charge is 0.381 e. The Morgan fingerprint density at radius 2 is 2.41 bits per heavy atom. The van der Waals surface area contributed by atoms with E-state index in [9.17, 15) is 0 Å². The number of rotatable bonds is 5. The molecule has 0 amide bonds. The fourth-order valence-corrected chi connectivity index (χ4v) is 3.37. The molecule has 1 aliphatic heterocycles. The summed E-state index contributed by atoms with van der Waals surface area (Å²) >= 11 is 1.62. The molecule has 6 nitrogen and oxygen atoms in total. The first kappa shape index (κ1) is 17.4. The van der Waals surface area contributed by atoms with Crippen LogP contribution >= 0.6 is 23.7 Å². The number of methoxy groups -OCH3 is 1. The van der Waals surface area contributed by atoms with Crippen LogP contribution in [0, 0.1) is 0 Å². The molecular weight excluding hydrogens is 324 g/mol. The van der Waals surface area contributed by atoms with E-state index in [-0.39, 0.29) is 12.4 Å². The number of piperidine rings is 1. The highest BCUT2D eigenvalue weighted by Gasteiger charge is 2.28. The number of aromatic nitrogens is 2. The van der Waals surface area contributed by atoms with Crippen LogP contribution in [0.15, 0.2) is 21.3 Å². The van der Waals surface area contributed by atoms with Crippen molar-refractivity contribution in [2.24, 2.45) is 5.73 Å². The molecular formula is C14H21ClN4O2S. The van der Waals surface area contributed by atoms with Crippen LogP contribution in [0.2, 0.25) is 0 Å². The average molecular weight is 345 g/mol. The maximum atomic E-state index is 5.88. The van der Waals surface area contributed by atoms with Gasteiger partial charge in [-0.05, 0) is 24.3 Å². The second kappa shape index (κ2) is 8.03. The smallest absolute Gasteiger partial charge is 0.241 e. The molecule has 3 heterocycles. The van der Waals surface area contributed by atoms with Gasteiger partial charge < -0.3 is 15.0 Å². The van der Waals surface area contributed by atoms with Crippen LogP contribution < -0.4 is 5.73 Å². The first-order chi connectivity index (χ1) is 10.3. The van der Waals surface area contributed by atoms with E-state index in [0.717, 1.165) is 24.9 Å². The number of hydrogen-bond donors (Lipinski definition) is 1. The first-order valence-corrected chi connectivity index (χ1v) is 8.06. The Balaban J connectivity index is 0.00000176. The number of nitrogens with zero attached hydrogens (tertiary/aromatic N) is 3. The Morgan fingerprint density at radius 1 is 1.55 bits per heavy atom. The van der Waals surface area contributed by atoms with Crippen molar-refractivity contribution >= 4 is 23.7 Å². The molecule has 1 saturated heterocycles. The van der Waals surface area contributed by atoms with Crippen LogP contribution in [-0.4, -0.2) is 47.4 Å². The number of likely N-dealkylation sites (tertiary alicyclic amines) is 1. The summed E-state index contributed by atoms with van der Waals surface area (Å²) in [6, 6.07) is 2.30. The first-order valence-electron chi connectivity index (χ1n) is 7.12. The third kappa shape index (κ3) is 3.85. The van der Waals surface area contributed by atoms with Gasteiger partial charge in [-0.25, -0.2) is 0 Å².